The van der Waals surface area contributed by atoms with Crippen molar-refractivity contribution in [2.75, 3.05) is 6.61 Å². The second-order valence-electron chi connectivity index (χ2n) is 2.65. The van der Waals surface area contributed by atoms with Gasteiger partial charge in [-0.05, 0) is 19.1 Å². The van der Waals surface area contributed by atoms with E-state index < -0.39 is 10.4 Å². The molecule has 0 aliphatic carbocycles. The van der Waals surface area contributed by atoms with Crippen molar-refractivity contribution in [3.05, 3.63) is 29.8 Å². The normalized spacial score (nSPS) is 10.9. The molecule has 0 spiro atoms. The Morgan fingerprint density at radius 3 is 2.62 bits per heavy atom. The molecule has 0 radical (unpaired) electrons. The molecule has 88 valence electrons. The zero-order valence-electron chi connectivity index (χ0n) is 8.53. The maximum Gasteiger partial charge on any atom is 0.397 e. The van der Waals surface area contributed by atoms with E-state index in [1.165, 1.54) is 11.6 Å². The van der Waals surface area contributed by atoms with Crippen molar-refractivity contribution in [3.8, 4) is 0 Å². The van der Waals surface area contributed by atoms with Gasteiger partial charge in [-0.15, -0.1) is 11.3 Å². The summed E-state index contributed by atoms with van der Waals surface area (Å²) in [7, 11) is -4.17. The molecule has 0 bridgehead atoms. The molecular formula is C9H11NO4S2. The molecule has 1 aromatic carbocycles. The molecule has 1 aromatic heterocycles. The predicted molar refractivity (Wildman–Crippen MR) is 62.8 cm³/mol. The van der Waals surface area contributed by atoms with Crippen LogP contribution in [0.15, 0.2) is 29.8 Å². The van der Waals surface area contributed by atoms with Crippen LogP contribution in [0.1, 0.15) is 6.92 Å². The van der Waals surface area contributed by atoms with Gasteiger partial charge < -0.3 is 0 Å². The van der Waals surface area contributed by atoms with Crippen LogP contribution in [-0.2, 0) is 14.6 Å². The fraction of sp³-hybridized carbons (Fsp3) is 0.222. The number of thiazole rings is 1. The highest BCUT2D eigenvalue weighted by atomic mass is 32.3. The van der Waals surface area contributed by atoms with E-state index in [2.05, 4.69) is 15.2 Å². The lowest BCUT2D eigenvalue weighted by molar-refractivity contribution is 0.283. The Bertz CT molecular complexity index is 505. The van der Waals surface area contributed by atoms with Crippen molar-refractivity contribution < 1.29 is 17.2 Å². The van der Waals surface area contributed by atoms with E-state index >= 15 is 0 Å². The van der Waals surface area contributed by atoms with E-state index in [-0.39, 0.29) is 6.61 Å². The van der Waals surface area contributed by atoms with Crippen LogP contribution < -0.4 is 0 Å². The second kappa shape index (κ2) is 5.90. The zero-order valence-corrected chi connectivity index (χ0v) is 10.2. The zero-order chi connectivity index (χ0) is 12.0. The summed E-state index contributed by atoms with van der Waals surface area (Å²) in [5.41, 5.74) is 2.97. The Kier molecular flexibility index (Phi) is 4.81. The number of hydrogen-bond acceptors (Lipinski definition) is 5. The largest absolute Gasteiger partial charge is 0.397 e. The van der Waals surface area contributed by atoms with Gasteiger partial charge in [0.05, 0.1) is 22.3 Å². The third-order valence-electron chi connectivity index (χ3n) is 1.50. The first-order valence-electron chi connectivity index (χ1n) is 4.43. The summed E-state index contributed by atoms with van der Waals surface area (Å²) in [4.78, 5) is 4.14. The van der Waals surface area contributed by atoms with Gasteiger partial charge in [0.2, 0.25) is 0 Å². The van der Waals surface area contributed by atoms with Crippen LogP contribution in [-0.4, -0.2) is 24.6 Å². The Balaban J connectivity index is 0.000000168. The topological polar surface area (TPSA) is 76.5 Å². The van der Waals surface area contributed by atoms with E-state index in [9.17, 15) is 8.42 Å². The van der Waals surface area contributed by atoms with Crippen LogP contribution >= 0.6 is 11.3 Å². The van der Waals surface area contributed by atoms with Crippen molar-refractivity contribution in [1.82, 2.24) is 4.98 Å². The molecule has 0 amide bonds. The average molecular weight is 261 g/mol. The van der Waals surface area contributed by atoms with Gasteiger partial charge in [-0.25, -0.2) is 9.17 Å². The van der Waals surface area contributed by atoms with Gasteiger partial charge in [-0.1, -0.05) is 12.1 Å². The number of rotatable bonds is 2. The van der Waals surface area contributed by atoms with E-state index in [4.69, 9.17) is 4.55 Å². The molecule has 2 rings (SSSR count). The Labute approximate surface area is 97.7 Å². The lowest BCUT2D eigenvalue weighted by Crippen LogP contribution is -2.01. The minimum absolute atomic E-state index is 0.0289. The smallest absolute Gasteiger partial charge is 0.264 e. The van der Waals surface area contributed by atoms with Crippen molar-refractivity contribution >= 4 is 32.0 Å². The van der Waals surface area contributed by atoms with Gasteiger partial charge in [-0.2, -0.15) is 8.42 Å². The van der Waals surface area contributed by atoms with E-state index in [1.807, 2.05) is 23.7 Å². The van der Waals surface area contributed by atoms with Crippen LogP contribution in [0.2, 0.25) is 0 Å². The molecule has 0 atom stereocenters. The van der Waals surface area contributed by atoms with Gasteiger partial charge in [0.15, 0.2) is 0 Å². The van der Waals surface area contributed by atoms with Gasteiger partial charge in [0.25, 0.3) is 0 Å². The summed E-state index contributed by atoms with van der Waals surface area (Å²) in [6.45, 7) is 1.44. The highest BCUT2D eigenvalue weighted by Gasteiger charge is 1.98. The first kappa shape index (κ1) is 13.0. The average Bonchev–Trinajstić information content (AvgIpc) is 2.64. The summed E-state index contributed by atoms with van der Waals surface area (Å²) in [6, 6.07) is 8.13. The lowest BCUT2D eigenvalue weighted by atomic mass is 10.3. The first-order chi connectivity index (χ1) is 7.53. The fourth-order valence-corrected chi connectivity index (χ4v) is 1.93. The molecule has 1 heterocycles. The number of fused-ring (bicyclic) bond motifs is 1. The second-order valence-corrected chi connectivity index (χ2v) is 4.63. The summed E-state index contributed by atoms with van der Waals surface area (Å²) in [6.07, 6.45) is 0. The third-order valence-corrected chi connectivity index (χ3v) is 2.85. The van der Waals surface area contributed by atoms with Crippen LogP contribution in [0.3, 0.4) is 0 Å². The molecule has 0 unspecified atom stereocenters. The predicted octanol–water partition coefficient (Wildman–Crippen LogP) is 2.12. The van der Waals surface area contributed by atoms with Gasteiger partial charge in [0.1, 0.15) is 0 Å². The molecule has 0 saturated heterocycles. The SMILES string of the molecule is CCOS(=O)(=O)O.c1ccc2scnc2c1. The van der Waals surface area contributed by atoms with Crippen LogP contribution in [0, 0.1) is 0 Å². The number of benzene rings is 1. The van der Waals surface area contributed by atoms with E-state index in [0.717, 1.165) is 5.52 Å². The van der Waals surface area contributed by atoms with Crippen LogP contribution in [0.5, 0.6) is 0 Å². The molecule has 0 saturated carbocycles. The van der Waals surface area contributed by atoms with Gasteiger partial charge in [-0.3, -0.25) is 4.55 Å². The Morgan fingerprint density at radius 1 is 1.44 bits per heavy atom. The molecule has 1 N–H and O–H groups in total. The van der Waals surface area contributed by atoms with Crippen molar-refractivity contribution in [2.45, 2.75) is 6.92 Å². The Morgan fingerprint density at radius 2 is 2.12 bits per heavy atom. The molecule has 16 heavy (non-hydrogen) atoms. The summed E-state index contributed by atoms with van der Waals surface area (Å²) < 4.78 is 31.9. The highest BCUT2D eigenvalue weighted by Crippen LogP contribution is 2.15. The lowest BCUT2D eigenvalue weighted by Gasteiger charge is -1.88. The van der Waals surface area contributed by atoms with Crippen molar-refractivity contribution in [1.29, 1.82) is 0 Å². The standard InChI is InChI=1S/C7H5NS.C2H6O4S/c1-2-4-7-6(3-1)8-5-9-7;1-2-6-7(3,4)5/h1-5H;2H2,1H3,(H,3,4,5). The monoisotopic (exact) mass is 261 g/mol. The molecule has 2 aromatic rings. The molecule has 0 aliphatic rings. The minimum atomic E-state index is -4.17. The van der Waals surface area contributed by atoms with Crippen molar-refractivity contribution in [2.24, 2.45) is 0 Å². The third kappa shape index (κ3) is 4.67. The first-order valence-corrected chi connectivity index (χ1v) is 6.67. The number of aromatic nitrogens is 1. The summed E-state index contributed by atoms with van der Waals surface area (Å²) in [5, 5.41) is 0. The van der Waals surface area contributed by atoms with Crippen LogP contribution in [0.4, 0.5) is 0 Å². The fourth-order valence-electron chi connectivity index (χ4n) is 0.952. The summed E-state index contributed by atoms with van der Waals surface area (Å²) in [5.74, 6) is 0. The van der Waals surface area contributed by atoms with Gasteiger partial charge in [0, 0.05) is 0 Å². The van der Waals surface area contributed by atoms with E-state index in [0.29, 0.717) is 0 Å². The van der Waals surface area contributed by atoms with Gasteiger partial charge >= 0.3 is 10.4 Å². The number of para-hydroxylation sites is 1. The number of nitrogens with zero attached hydrogens (tertiary/aromatic N) is 1. The molecule has 0 fully saturated rings. The molecular weight excluding hydrogens is 250 g/mol. The van der Waals surface area contributed by atoms with Crippen LogP contribution in [0.25, 0.3) is 10.2 Å². The number of hydrogen-bond donors (Lipinski definition) is 1. The maximum atomic E-state index is 9.56. The maximum absolute atomic E-state index is 9.56. The quantitative estimate of drug-likeness (QED) is 0.838. The molecule has 7 heteroatoms. The Hall–Kier alpha value is -1.02. The molecule has 5 nitrogen and oxygen atoms in total. The minimum Gasteiger partial charge on any atom is -0.264 e. The molecule has 0 aliphatic heterocycles. The van der Waals surface area contributed by atoms with E-state index in [1.54, 1.807) is 11.3 Å². The highest BCUT2D eigenvalue weighted by molar-refractivity contribution is 7.80. The van der Waals surface area contributed by atoms with Crippen molar-refractivity contribution in [3.63, 3.8) is 0 Å². The summed E-state index contributed by atoms with van der Waals surface area (Å²) >= 11 is 1.68.